The Morgan fingerprint density at radius 2 is 1.82 bits per heavy atom. The molecular formula is C26H32O7. The summed E-state index contributed by atoms with van der Waals surface area (Å²) in [7, 11) is 0. The third kappa shape index (κ3) is 2.28. The number of carbonyl (C=O) groups excluding carboxylic acids is 2. The lowest BCUT2D eigenvalue weighted by atomic mass is 9.37. The Bertz CT molecular complexity index is 1060. The van der Waals surface area contributed by atoms with Gasteiger partial charge in [0.25, 0.3) is 0 Å². The molecule has 4 unspecified atom stereocenters. The van der Waals surface area contributed by atoms with E-state index in [1.807, 2.05) is 26.0 Å². The van der Waals surface area contributed by atoms with Crippen molar-refractivity contribution in [1.82, 2.24) is 0 Å². The molecule has 0 bridgehead atoms. The Hall–Kier alpha value is -2.12. The third-order valence-corrected chi connectivity index (χ3v) is 10.2. The number of ether oxygens (including phenoxy) is 3. The van der Waals surface area contributed by atoms with Crippen LogP contribution < -0.4 is 0 Å². The zero-order chi connectivity index (χ0) is 23.6. The summed E-state index contributed by atoms with van der Waals surface area (Å²) in [5.74, 6) is -0.820. The van der Waals surface area contributed by atoms with E-state index in [1.165, 1.54) is 0 Å². The number of rotatable bonds is 1. The van der Waals surface area contributed by atoms with Crippen molar-refractivity contribution in [1.29, 1.82) is 0 Å². The van der Waals surface area contributed by atoms with Gasteiger partial charge in [0.2, 0.25) is 0 Å². The highest BCUT2D eigenvalue weighted by Crippen LogP contribution is 2.79. The molecule has 5 aliphatic rings. The van der Waals surface area contributed by atoms with Crippen molar-refractivity contribution in [2.75, 3.05) is 0 Å². The zero-order valence-electron chi connectivity index (χ0n) is 19.8. The Morgan fingerprint density at radius 3 is 2.52 bits per heavy atom. The van der Waals surface area contributed by atoms with Crippen molar-refractivity contribution in [3.05, 3.63) is 36.3 Å². The smallest absolute Gasteiger partial charge is 0.339 e. The van der Waals surface area contributed by atoms with Crippen molar-refractivity contribution < 1.29 is 33.3 Å². The molecule has 0 radical (unpaired) electrons. The minimum absolute atomic E-state index is 0.0160. The fourth-order valence-electron chi connectivity index (χ4n) is 8.79. The molecule has 4 heterocycles. The predicted octanol–water partition coefficient (Wildman–Crippen LogP) is 3.72. The molecule has 7 nitrogen and oxygen atoms in total. The van der Waals surface area contributed by atoms with Gasteiger partial charge in [0.15, 0.2) is 6.10 Å². The van der Waals surface area contributed by atoms with E-state index >= 15 is 0 Å². The number of hydrogen-bond acceptors (Lipinski definition) is 7. The molecule has 0 amide bonds. The standard InChI is InChI=1S/C26H32O7/c1-22(2)16-12-17(27)25(5)15(23(16,3)9-7-18(28)32-22)6-10-24(4)19(14-8-11-30-13-14)31-21(29)20-26(24,25)33-20/h7-9,11,13,15-17,19-20,27H,6,10,12H2,1-5H3/t15?,16?,17-,19+,20?,23-,24+,25+,26?/m1/s1. The van der Waals surface area contributed by atoms with E-state index in [2.05, 4.69) is 20.8 Å². The van der Waals surface area contributed by atoms with Gasteiger partial charge < -0.3 is 23.7 Å². The molecule has 2 aliphatic carbocycles. The Labute approximate surface area is 193 Å². The molecule has 6 rings (SSSR count). The van der Waals surface area contributed by atoms with E-state index in [1.54, 1.807) is 18.6 Å². The maximum atomic E-state index is 13.1. The highest BCUT2D eigenvalue weighted by atomic mass is 16.7. The van der Waals surface area contributed by atoms with E-state index in [4.69, 9.17) is 18.6 Å². The first kappa shape index (κ1) is 21.4. The van der Waals surface area contributed by atoms with Gasteiger partial charge in [-0.2, -0.15) is 0 Å². The zero-order valence-corrected chi connectivity index (χ0v) is 19.8. The fourth-order valence-corrected chi connectivity index (χ4v) is 8.79. The summed E-state index contributed by atoms with van der Waals surface area (Å²) in [6.45, 7) is 10.3. The lowest BCUT2D eigenvalue weighted by molar-refractivity contribution is -0.252. The topological polar surface area (TPSA) is 98.5 Å². The molecule has 9 atom stereocenters. The highest BCUT2D eigenvalue weighted by molar-refractivity contribution is 5.83. The molecule has 178 valence electrons. The lowest BCUT2D eigenvalue weighted by Gasteiger charge is -2.67. The van der Waals surface area contributed by atoms with Crippen molar-refractivity contribution in [2.45, 2.75) is 83.4 Å². The first-order valence-corrected chi connectivity index (χ1v) is 11.9. The van der Waals surface area contributed by atoms with Crippen LogP contribution in [0.2, 0.25) is 0 Å². The molecule has 1 N–H and O–H groups in total. The van der Waals surface area contributed by atoms with Gasteiger partial charge in [0.05, 0.1) is 18.6 Å². The summed E-state index contributed by atoms with van der Waals surface area (Å²) in [4.78, 5) is 25.5. The number of cyclic esters (lactones) is 2. The molecule has 2 saturated carbocycles. The van der Waals surface area contributed by atoms with E-state index < -0.39 is 45.8 Å². The minimum Gasteiger partial charge on any atom is -0.472 e. The molecular weight excluding hydrogens is 424 g/mol. The average molecular weight is 457 g/mol. The molecule has 0 aromatic carbocycles. The van der Waals surface area contributed by atoms with Crippen molar-refractivity contribution in [3.63, 3.8) is 0 Å². The van der Waals surface area contributed by atoms with Crippen LogP contribution in [0.5, 0.6) is 0 Å². The van der Waals surface area contributed by atoms with Crippen LogP contribution in [0.15, 0.2) is 35.2 Å². The average Bonchev–Trinajstić information content (AvgIpc) is 3.33. The Morgan fingerprint density at radius 1 is 1.06 bits per heavy atom. The fraction of sp³-hybridized carbons (Fsp3) is 0.692. The summed E-state index contributed by atoms with van der Waals surface area (Å²) < 4.78 is 23.4. The number of furan rings is 1. The monoisotopic (exact) mass is 456 g/mol. The predicted molar refractivity (Wildman–Crippen MR) is 116 cm³/mol. The molecule has 2 saturated heterocycles. The maximum Gasteiger partial charge on any atom is 0.339 e. The second kappa shape index (κ2) is 6.11. The van der Waals surface area contributed by atoms with Gasteiger partial charge in [-0.05, 0) is 50.5 Å². The summed E-state index contributed by atoms with van der Waals surface area (Å²) in [5, 5.41) is 11.8. The van der Waals surface area contributed by atoms with Crippen molar-refractivity contribution >= 4 is 11.9 Å². The maximum absolute atomic E-state index is 13.1. The number of fused-ring (bicyclic) bond motifs is 3. The van der Waals surface area contributed by atoms with Gasteiger partial charge in [-0.3, -0.25) is 0 Å². The van der Waals surface area contributed by atoms with Gasteiger partial charge >= 0.3 is 11.9 Å². The van der Waals surface area contributed by atoms with Crippen LogP contribution in [0.3, 0.4) is 0 Å². The summed E-state index contributed by atoms with van der Waals surface area (Å²) in [5.41, 5.74) is -2.44. The molecule has 7 heteroatoms. The minimum atomic E-state index is -0.858. The molecule has 1 spiro atoms. The Kier molecular flexibility index (Phi) is 3.96. The van der Waals surface area contributed by atoms with Crippen LogP contribution >= 0.6 is 0 Å². The Balaban J connectivity index is 1.52. The lowest BCUT2D eigenvalue weighted by Crippen LogP contribution is -2.72. The van der Waals surface area contributed by atoms with Crippen LogP contribution in [0, 0.1) is 28.1 Å². The van der Waals surface area contributed by atoms with Gasteiger partial charge in [-0.25, -0.2) is 9.59 Å². The van der Waals surface area contributed by atoms with Crippen molar-refractivity contribution in [2.24, 2.45) is 28.1 Å². The van der Waals surface area contributed by atoms with Crippen molar-refractivity contribution in [3.8, 4) is 0 Å². The second-order valence-electron chi connectivity index (χ2n) is 11.9. The summed E-state index contributed by atoms with van der Waals surface area (Å²) >= 11 is 0. The highest BCUT2D eigenvalue weighted by Gasteiger charge is 2.87. The summed E-state index contributed by atoms with van der Waals surface area (Å²) in [6, 6.07) is 1.84. The summed E-state index contributed by atoms with van der Waals surface area (Å²) in [6.07, 6.45) is 6.82. The van der Waals surface area contributed by atoms with Crippen LogP contribution in [-0.2, 0) is 23.8 Å². The van der Waals surface area contributed by atoms with Gasteiger partial charge in [-0.15, -0.1) is 0 Å². The number of esters is 2. The van der Waals surface area contributed by atoms with E-state index in [0.717, 1.165) is 18.4 Å². The molecule has 33 heavy (non-hydrogen) atoms. The normalized spacial score (nSPS) is 51.8. The van der Waals surface area contributed by atoms with Crippen LogP contribution in [0.4, 0.5) is 0 Å². The molecule has 3 aliphatic heterocycles. The molecule has 4 fully saturated rings. The largest absolute Gasteiger partial charge is 0.472 e. The van der Waals surface area contributed by atoms with Crippen LogP contribution in [-0.4, -0.2) is 40.5 Å². The number of epoxide rings is 1. The second-order valence-corrected chi connectivity index (χ2v) is 11.9. The van der Waals surface area contributed by atoms with E-state index in [0.29, 0.717) is 6.42 Å². The first-order chi connectivity index (χ1) is 15.4. The number of carbonyl (C=O) groups is 2. The number of allylic oxidation sites excluding steroid dienone is 1. The van der Waals surface area contributed by atoms with Gasteiger partial charge in [0, 0.05) is 28.4 Å². The first-order valence-electron chi connectivity index (χ1n) is 11.9. The molecule has 1 aromatic rings. The van der Waals surface area contributed by atoms with E-state index in [9.17, 15) is 14.7 Å². The quantitative estimate of drug-likeness (QED) is 0.508. The van der Waals surface area contributed by atoms with Gasteiger partial charge in [0.1, 0.15) is 17.3 Å². The number of aliphatic hydroxyl groups excluding tert-OH is 1. The van der Waals surface area contributed by atoms with Crippen LogP contribution in [0.25, 0.3) is 0 Å². The number of hydrogen-bond donors (Lipinski definition) is 1. The number of aliphatic hydroxyl groups is 1. The molecule has 1 aromatic heterocycles. The van der Waals surface area contributed by atoms with Crippen LogP contribution in [0.1, 0.15) is 65.5 Å². The third-order valence-electron chi connectivity index (χ3n) is 10.2. The van der Waals surface area contributed by atoms with Gasteiger partial charge in [-0.1, -0.05) is 26.8 Å². The SMILES string of the molecule is CC1(C)OC(=O)C=C[C@@]2(C)C1C[C@@H](O)[C@]1(C)C2CC[C@@]2(C)[C@H](c3ccoc3)OC(=O)C3OC321. The van der Waals surface area contributed by atoms with E-state index in [-0.39, 0.29) is 23.8 Å².